The van der Waals surface area contributed by atoms with E-state index in [1.54, 1.807) is 12.7 Å². The molecule has 0 heterocycles. The normalized spacial score (nSPS) is 40.5. The Kier molecular flexibility index (Phi) is 4.35. The fourth-order valence-corrected chi connectivity index (χ4v) is 8.25. The molecule has 0 aromatic heterocycles. The maximum atomic E-state index is 12.2. The maximum absolute atomic E-state index is 12.2. The number of rotatable bonds is 4. The van der Waals surface area contributed by atoms with Crippen molar-refractivity contribution >= 4 is 5.78 Å². The third kappa shape index (κ3) is 2.65. The molecule has 0 spiro atoms. The molecule has 0 N–H and O–H groups in total. The number of hydrogen-bond donors (Lipinski definition) is 0. The van der Waals surface area contributed by atoms with Gasteiger partial charge in [-0.2, -0.15) is 0 Å². The monoisotopic (exact) mass is 418 g/mol. The molecule has 6 rings (SSSR count). The predicted octanol–water partition coefficient (Wildman–Crippen LogP) is 6.00. The first-order valence-electron chi connectivity index (χ1n) is 12.3. The predicted molar refractivity (Wildman–Crippen MR) is 121 cm³/mol. The number of carbonyl (C=O) groups is 1. The summed E-state index contributed by atoms with van der Waals surface area (Å²) in [5, 5.41) is 0. The van der Waals surface area contributed by atoms with Crippen LogP contribution < -0.4 is 4.74 Å². The van der Waals surface area contributed by atoms with Crippen LogP contribution in [0.15, 0.2) is 47.1 Å². The van der Waals surface area contributed by atoms with Crippen LogP contribution in [0.25, 0.3) is 0 Å². The van der Waals surface area contributed by atoms with Gasteiger partial charge in [0.15, 0.2) is 5.78 Å². The summed E-state index contributed by atoms with van der Waals surface area (Å²) < 4.78 is 12.0. The number of methoxy groups -OCH3 is 1. The van der Waals surface area contributed by atoms with Gasteiger partial charge < -0.3 is 9.47 Å². The highest BCUT2D eigenvalue weighted by molar-refractivity contribution is 5.93. The van der Waals surface area contributed by atoms with Crippen LogP contribution in [0.5, 0.6) is 5.75 Å². The van der Waals surface area contributed by atoms with E-state index in [1.807, 2.05) is 6.08 Å². The zero-order chi connectivity index (χ0) is 21.4. The quantitative estimate of drug-likeness (QED) is 0.602. The summed E-state index contributed by atoms with van der Waals surface area (Å²) in [6.07, 6.45) is 9.59. The van der Waals surface area contributed by atoms with Crippen molar-refractivity contribution in [3.63, 3.8) is 0 Å². The average molecular weight is 419 g/mol. The fraction of sp³-hybridized carbons (Fsp3) is 0.607. The summed E-state index contributed by atoms with van der Waals surface area (Å²) in [6, 6.07) is 8.77. The van der Waals surface area contributed by atoms with Gasteiger partial charge in [-0.25, -0.2) is 0 Å². The van der Waals surface area contributed by atoms with Crippen LogP contribution in [0, 0.1) is 23.2 Å². The van der Waals surface area contributed by atoms with Crippen LogP contribution in [-0.4, -0.2) is 25.1 Å². The Bertz CT molecular complexity index is 986. The van der Waals surface area contributed by atoms with E-state index in [9.17, 15) is 4.79 Å². The molecule has 164 valence electrons. The molecule has 1 aromatic carbocycles. The van der Waals surface area contributed by atoms with Gasteiger partial charge in [0.25, 0.3) is 0 Å². The minimum atomic E-state index is 0.103. The average Bonchev–Trinajstić information content (AvgIpc) is 3.43. The van der Waals surface area contributed by atoms with E-state index in [4.69, 9.17) is 9.47 Å². The molecular formula is C28H34O3. The first kappa shape index (κ1) is 19.8. The first-order chi connectivity index (χ1) is 15.0. The van der Waals surface area contributed by atoms with Crippen LogP contribution in [-0.2, 0) is 9.53 Å². The highest BCUT2D eigenvalue weighted by atomic mass is 16.5. The zero-order valence-electron chi connectivity index (χ0n) is 19.1. The summed E-state index contributed by atoms with van der Waals surface area (Å²) in [7, 11) is 1.73. The van der Waals surface area contributed by atoms with E-state index < -0.39 is 0 Å². The second-order valence-electron chi connectivity index (χ2n) is 10.7. The number of ether oxygens (including phenoxy) is 2. The topological polar surface area (TPSA) is 35.5 Å². The van der Waals surface area contributed by atoms with E-state index in [2.05, 4.69) is 38.1 Å². The largest absolute Gasteiger partial charge is 0.497 e. The Morgan fingerprint density at radius 2 is 1.90 bits per heavy atom. The minimum absolute atomic E-state index is 0.103. The van der Waals surface area contributed by atoms with Crippen LogP contribution >= 0.6 is 0 Å². The van der Waals surface area contributed by atoms with E-state index in [1.165, 1.54) is 36.0 Å². The summed E-state index contributed by atoms with van der Waals surface area (Å²) in [5.41, 5.74) is 6.29. The lowest BCUT2D eigenvalue weighted by atomic mass is 9.51. The van der Waals surface area contributed by atoms with Gasteiger partial charge in [-0.05, 0) is 98.1 Å². The van der Waals surface area contributed by atoms with Gasteiger partial charge in [0.05, 0.1) is 12.7 Å². The van der Waals surface area contributed by atoms with Crippen LogP contribution in [0.2, 0.25) is 0 Å². The van der Waals surface area contributed by atoms with E-state index in [0.29, 0.717) is 30.0 Å². The van der Waals surface area contributed by atoms with Gasteiger partial charge in [0, 0.05) is 24.4 Å². The second-order valence-corrected chi connectivity index (χ2v) is 10.7. The molecule has 3 fully saturated rings. The number of ketones is 1. The highest BCUT2D eigenvalue weighted by Gasteiger charge is 2.75. The van der Waals surface area contributed by atoms with Crippen molar-refractivity contribution in [1.29, 1.82) is 0 Å². The molecule has 0 radical (unpaired) electrons. The molecule has 31 heavy (non-hydrogen) atoms. The molecule has 6 atom stereocenters. The maximum Gasteiger partial charge on any atom is 0.156 e. The van der Waals surface area contributed by atoms with Crippen molar-refractivity contribution in [3.05, 3.63) is 52.6 Å². The van der Waals surface area contributed by atoms with Gasteiger partial charge in [0.1, 0.15) is 5.75 Å². The third-order valence-electron chi connectivity index (χ3n) is 9.60. The molecule has 0 saturated heterocycles. The van der Waals surface area contributed by atoms with Crippen molar-refractivity contribution in [2.75, 3.05) is 13.7 Å². The van der Waals surface area contributed by atoms with Crippen molar-refractivity contribution in [2.45, 2.75) is 70.3 Å². The molecular weight excluding hydrogens is 384 g/mol. The zero-order valence-corrected chi connectivity index (χ0v) is 19.1. The molecule has 0 aliphatic heterocycles. The Balaban J connectivity index is 1.50. The summed E-state index contributed by atoms with van der Waals surface area (Å²) in [5.74, 6) is 3.75. The lowest BCUT2D eigenvalue weighted by Crippen LogP contribution is -2.48. The highest BCUT2D eigenvalue weighted by Crippen LogP contribution is 2.77. The van der Waals surface area contributed by atoms with E-state index >= 15 is 0 Å². The Labute approximate surface area is 185 Å². The van der Waals surface area contributed by atoms with Crippen molar-refractivity contribution < 1.29 is 14.3 Å². The van der Waals surface area contributed by atoms with Crippen molar-refractivity contribution in [1.82, 2.24) is 0 Å². The number of fused-ring (bicyclic) bond motifs is 6. The lowest BCUT2D eigenvalue weighted by Gasteiger charge is -2.54. The van der Waals surface area contributed by atoms with E-state index in [0.717, 1.165) is 37.5 Å². The Morgan fingerprint density at radius 3 is 2.65 bits per heavy atom. The second kappa shape index (κ2) is 6.81. The lowest BCUT2D eigenvalue weighted by molar-refractivity contribution is -0.114. The fourth-order valence-electron chi connectivity index (χ4n) is 8.25. The number of allylic oxidation sites excluding steroid dienone is 4. The molecule has 0 bridgehead atoms. The summed E-state index contributed by atoms with van der Waals surface area (Å²) in [6.45, 7) is 5.53. The van der Waals surface area contributed by atoms with Gasteiger partial charge in [-0.3, -0.25) is 4.79 Å². The van der Waals surface area contributed by atoms with Crippen LogP contribution in [0.1, 0.15) is 70.3 Å². The molecule has 3 saturated carbocycles. The van der Waals surface area contributed by atoms with Crippen LogP contribution in [0.4, 0.5) is 0 Å². The molecule has 5 aliphatic rings. The van der Waals surface area contributed by atoms with Crippen molar-refractivity contribution in [3.8, 4) is 5.75 Å². The number of benzene rings is 1. The summed E-state index contributed by atoms with van der Waals surface area (Å²) in [4.78, 5) is 12.2. The molecule has 5 aliphatic carbocycles. The van der Waals surface area contributed by atoms with Crippen LogP contribution in [0.3, 0.4) is 0 Å². The Morgan fingerprint density at radius 1 is 1.10 bits per heavy atom. The van der Waals surface area contributed by atoms with Gasteiger partial charge in [-0.1, -0.05) is 24.6 Å². The number of hydrogen-bond acceptors (Lipinski definition) is 3. The molecule has 3 nitrogen and oxygen atoms in total. The molecule has 0 amide bonds. The Hall–Kier alpha value is -1.87. The molecule has 1 aromatic rings. The minimum Gasteiger partial charge on any atom is -0.497 e. The standard InChI is InChI=1S/C28H34O3/c1-4-31-28-15-19(28)14-25-23-11-7-18-13-20(29)8-12-22(18)26(23)24(16-27(25,28)2)17-5-9-21(30-3)10-6-17/h5-6,9-10,13,19,23-25H,4,7-8,11-12,14-16H2,1-3H3/t19-,23-,24+,25-,27-,28-/m0/s1. The van der Waals surface area contributed by atoms with Crippen molar-refractivity contribution in [2.24, 2.45) is 23.2 Å². The number of carbonyl (C=O) groups excluding carboxylic acids is 1. The summed E-state index contributed by atoms with van der Waals surface area (Å²) >= 11 is 0. The molecule has 3 heteroatoms. The van der Waals surface area contributed by atoms with Gasteiger partial charge >= 0.3 is 0 Å². The molecule has 0 unspecified atom stereocenters. The van der Waals surface area contributed by atoms with Gasteiger partial charge in [-0.15, -0.1) is 0 Å². The SMILES string of the molecule is CCO[C@@]12C[C@@H]1C[C@H]1[C@@H]3CCC4=CC(=O)CCC4=C3[C@@H](c3ccc(OC)cc3)C[C@@]12C. The third-order valence-corrected chi connectivity index (χ3v) is 9.60. The van der Waals surface area contributed by atoms with Gasteiger partial charge in [0.2, 0.25) is 0 Å². The first-order valence-corrected chi connectivity index (χ1v) is 12.3. The van der Waals surface area contributed by atoms with E-state index in [-0.39, 0.29) is 11.0 Å². The smallest absolute Gasteiger partial charge is 0.156 e.